The van der Waals surface area contributed by atoms with E-state index in [2.05, 4.69) is 5.32 Å². The number of hydrogen-bond donors (Lipinski definition) is 2. The number of benzene rings is 1. The fourth-order valence-electron chi connectivity index (χ4n) is 3.01. The van der Waals surface area contributed by atoms with Crippen molar-refractivity contribution in [1.29, 1.82) is 0 Å². The fourth-order valence-corrected chi connectivity index (χ4v) is 4.54. The minimum absolute atomic E-state index is 0.0996. The fraction of sp³-hybridized carbons (Fsp3) is 0.500. The van der Waals surface area contributed by atoms with Crippen molar-refractivity contribution in [2.75, 3.05) is 26.2 Å². The Labute approximate surface area is 150 Å². The maximum absolute atomic E-state index is 12.6. The predicted octanol–water partition coefficient (Wildman–Crippen LogP) is -0.156. The molecule has 3 N–H and O–H groups in total. The SMILES string of the molecule is NCCNC(=O)CCn1c(=O)oc2cc(S(=O)(=O)N3CCCC3)ccc21. The van der Waals surface area contributed by atoms with E-state index < -0.39 is 15.8 Å². The number of oxazole rings is 1. The molecule has 2 heterocycles. The van der Waals surface area contributed by atoms with Gasteiger partial charge in [-0.25, -0.2) is 13.2 Å². The number of sulfonamides is 1. The molecule has 2 aromatic rings. The van der Waals surface area contributed by atoms with Gasteiger partial charge in [0.2, 0.25) is 15.9 Å². The average Bonchev–Trinajstić information content (AvgIpc) is 3.25. The molecule has 0 aliphatic carbocycles. The molecule has 0 spiro atoms. The second kappa shape index (κ2) is 7.60. The third-order valence-electron chi connectivity index (χ3n) is 4.37. The zero-order chi connectivity index (χ0) is 18.7. The zero-order valence-electron chi connectivity index (χ0n) is 14.3. The molecule has 0 saturated carbocycles. The quantitative estimate of drug-likeness (QED) is 0.685. The first-order valence-electron chi connectivity index (χ1n) is 8.54. The molecule has 1 aliphatic rings. The van der Waals surface area contributed by atoms with Gasteiger partial charge in [-0.1, -0.05) is 0 Å². The summed E-state index contributed by atoms with van der Waals surface area (Å²) in [5.74, 6) is -0.840. The Morgan fingerprint density at radius 2 is 2.00 bits per heavy atom. The smallest absolute Gasteiger partial charge is 0.408 e. The van der Waals surface area contributed by atoms with Crippen LogP contribution in [0.1, 0.15) is 19.3 Å². The monoisotopic (exact) mass is 382 g/mol. The first kappa shape index (κ1) is 18.6. The van der Waals surface area contributed by atoms with Crippen molar-refractivity contribution in [3.05, 3.63) is 28.7 Å². The van der Waals surface area contributed by atoms with Gasteiger partial charge in [-0.3, -0.25) is 9.36 Å². The summed E-state index contributed by atoms with van der Waals surface area (Å²) in [6.45, 7) is 1.86. The van der Waals surface area contributed by atoms with Crippen molar-refractivity contribution in [2.45, 2.75) is 30.7 Å². The number of nitrogens with two attached hydrogens (primary N) is 1. The van der Waals surface area contributed by atoms with Gasteiger partial charge in [-0.05, 0) is 25.0 Å². The number of carbonyl (C=O) groups is 1. The lowest BCUT2D eigenvalue weighted by Crippen LogP contribution is -2.30. The topological polar surface area (TPSA) is 128 Å². The number of rotatable bonds is 7. The van der Waals surface area contributed by atoms with Crippen LogP contribution in [-0.4, -0.2) is 49.4 Å². The number of fused-ring (bicyclic) bond motifs is 1. The molecule has 0 unspecified atom stereocenters. The highest BCUT2D eigenvalue weighted by Crippen LogP contribution is 2.24. The van der Waals surface area contributed by atoms with Crippen molar-refractivity contribution >= 4 is 27.0 Å². The molecule has 1 amide bonds. The molecule has 10 heteroatoms. The molecule has 1 aromatic carbocycles. The molecule has 26 heavy (non-hydrogen) atoms. The molecule has 1 aliphatic heterocycles. The Kier molecular flexibility index (Phi) is 5.44. The van der Waals surface area contributed by atoms with Crippen LogP contribution in [0.3, 0.4) is 0 Å². The van der Waals surface area contributed by atoms with Crippen LogP contribution >= 0.6 is 0 Å². The van der Waals surface area contributed by atoms with E-state index in [1.807, 2.05) is 0 Å². The summed E-state index contributed by atoms with van der Waals surface area (Å²) in [6.07, 6.45) is 1.79. The first-order valence-corrected chi connectivity index (χ1v) is 9.98. The Balaban J connectivity index is 1.84. The standard InChI is InChI=1S/C16H22N4O5S/c17-6-7-18-15(21)5-10-20-13-4-3-12(11-14(13)25-16(20)22)26(23,24)19-8-1-2-9-19/h3-4,11H,1-2,5-10,17H2,(H,18,21). The van der Waals surface area contributed by atoms with Gasteiger partial charge in [0, 0.05) is 45.2 Å². The minimum atomic E-state index is -3.58. The summed E-state index contributed by atoms with van der Waals surface area (Å²) in [7, 11) is -3.58. The largest absolute Gasteiger partial charge is 0.419 e. The van der Waals surface area contributed by atoms with Crippen LogP contribution in [0, 0.1) is 0 Å². The van der Waals surface area contributed by atoms with Crippen molar-refractivity contribution in [1.82, 2.24) is 14.2 Å². The molecule has 0 bridgehead atoms. The van der Waals surface area contributed by atoms with E-state index in [-0.39, 0.29) is 29.4 Å². The van der Waals surface area contributed by atoms with Gasteiger partial charge in [0.1, 0.15) is 0 Å². The van der Waals surface area contributed by atoms with E-state index in [0.29, 0.717) is 31.7 Å². The summed E-state index contributed by atoms with van der Waals surface area (Å²) in [5, 5.41) is 2.63. The van der Waals surface area contributed by atoms with Gasteiger partial charge in [0.25, 0.3) is 0 Å². The minimum Gasteiger partial charge on any atom is -0.408 e. The van der Waals surface area contributed by atoms with Crippen LogP contribution in [0.15, 0.2) is 32.3 Å². The molecule has 0 atom stereocenters. The highest BCUT2D eigenvalue weighted by Gasteiger charge is 2.28. The highest BCUT2D eigenvalue weighted by molar-refractivity contribution is 7.89. The summed E-state index contributed by atoms with van der Waals surface area (Å²) in [4.78, 5) is 23.9. The van der Waals surface area contributed by atoms with Crippen LogP contribution < -0.4 is 16.8 Å². The van der Waals surface area contributed by atoms with Crippen LogP contribution in [0.25, 0.3) is 11.1 Å². The Morgan fingerprint density at radius 3 is 2.69 bits per heavy atom. The summed E-state index contributed by atoms with van der Waals surface area (Å²) in [6, 6.07) is 4.38. The molecule has 3 rings (SSSR count). The number of amides is 1. The van der Waals surface area contributed by atoms with Gasteiger partial charge < -0.3 is 15.5 Å². The molecule has 1 fully saturated rings. The lowest BCUT2D eigenvalue weighted by atomic mass is 10.3. The number of nitrogens with one attached hydrogen (secondary N) is 1. The van der Waals surface area contributed by atoms with Gasteiger partial charge in [-0.15, -0.1) is 0 Å². The maximum atomic E-state index is 12.6. The molecule has 142 valence electrons. The zero-order valence-corrected chi connectivity index (χ0v) is 15.1. The summed E-state index contributed by atoms with van der Waals surface area (Å²) in [5.41, 5.74) is 5.98. The number of hydrogen-bond acceptors (Lipinski definition) is 6. The summed E-state index contributed by atoms with van der Waals surface area (Å²) >= 11 is 0. The third kappa shape index (κ3) is 3.67. The molecular weight excluding hydrogens is 360 g/mol. The van der Waals surface area contributed by atoms with Crippen LogP contribution in [0.4, 0.5) is 0 Å². The number of aryl methyl sites for hydroxylation is 1. The summed E-state index contributed by atoms with van der Waals surface area (Å²) < 4.78 is 33.2. The van der Waals surface area contributed by atoms with Crippen molar-refractivity contribution in [2.24, 2.45) is 5.73 Å². The van der Waals surface area contributed by atoms with Crippen LogP contribution in [0.5, 0.6) is 0 Å². The highest BCUT2D eigenvalue weighted by atomic mass is 32.2. The third-order valence-corrected chi connectivity index (χ3v) is 6.27. The number of aromatic nitrogens is 1. The van der Waals surface area contributed by atoms with Crippen LogP contribution in [0.2, 0.25) is 0 Å². The van der Waals surface area contributed by atoms with E-state index in [1.54, 1.807) is 6.07 Å². The van der Waals surface area contributed by atoms with Gasteiger partial charge in [0.05, 0.1) is 10.4 Å². The lowest BCUT2D eigenvalue weighted by molar-refractivity contribution is -0.121. The first-order chi connectivity index (χ1) is 12.4. The van der Waals surface area contributed by atoms with Gasteiger partial charge in [0.15, 0.2) is 5.58 Å². The Hall–Kier alpha value is -2.17. The van der Waals surface area contributed by atoms with E-state index >= 15 is 0 Å². The number of nitrogens with zero attached hydrogens (tertiary/aromatic N) is 2. The van der Waals surface area contributed by atoms with Crippen molar-refractivity contribution < 1.29 is 17.6 Å². The molecule has 1 saturated heterocycles. The van der Waals surface area contributed by atoms with E-state index in [9.17, 15) is 18.0 Å². The Morgan fingerprint density at radius 1 is 1.27 bits per heavy atom. The number of carbonyl (C=O) groups excluding carboxylic acids is 1. The van der Waals surface area contributed by atoms with Crippen molar-refractivity contribution in [3.63, 3.8) is 0 Å². The second-order valence-electron chi connectivity index (χ2n) is 6.15. The molecule has 1 aromatic heterocycles. The average molecular weight is 382 g/mol. The van der Waals surface area contributed by atoms with Crippen LogP contribution in [-0.2, 0) is 21.4 Å². The van der Waals surface area contributed by atoms with Crippen molar-refractivity contribution in [3.8, 4) is 0 Å². The van der Waals surface area contributed by atoms with Gasteiger partial charge in [-0.2, -0.15) is 4.31 Å². The normalized spacial score (nSPS) is 15.6. The van der Waals surface area contributed by atoms with Gasteiger partial charge >= 0.3 is 5.76 Å². The van der Waals surface area contributed by atoms with E-state index in [4.69, 9.17) is 10.2 Å². The lowest BCUT2D eigenvalue weighted by Gasteiger charge is -2.15. The predicted molar refractivity (Wildman–Crippen MR) is 95.1 cm³/mol. The molecular formula is C16H22N4O5S. The Bertz CT molecular complexity index is 957. The second-order valence-corrected chi connectivity index (χ2v) is 8.09. The van der Waals surface area contributed by atoms with E-state index in [0.717, 1.165) is 12.8 Å². The maximum Gasteiger partial charge on any atom is 0.419 e. The molecule has 0 radical (unpaired) electrons. The molecule has 9 nitrogen and oxygen atoms in total. The van der Waals surface area contributed by atoms with E-state index in [1.165, 1.54) is 21.0 Å².